The maximum atomic E-state index is 14.2. The zero-order valence-corrected chi connectivity index (χ0v) is 19.7. The van der Waals surface area contributed by atoms with E-state index in [0.29, 0.717) is 5.92 Å². The van der Waals surface area contributed by atoms with Crippen LogP contribution in [0.25, 0.3) is 39.1 Å². The van der Waals surface area contributed by atoms with Gasteiger partial charge < -0.3 is 0 Å². The molecular weight excluding hydrogens is 436 g/mol. The lowest BCUT2D eigenvalue weighted by Gasteiger charge is -2.27. The molecule has 0 fully saturated rings. The fourth-order valence-corrected chi connectivity index (χ4v) is 6.61. The van der Waals surface area contributed by atoms with Gasteiger partial charge in [-0.15, -0.1) is 0 Å². The van der Waals surface area contributed by atoms with Crippen molar-refractivity contribution in [2.24, 2.45) is 0 Å². The maximum Gasteiger partial charge on any atom is 0.195 e. The van der Waals surface area contributed by atoms with Crippen molar-refractivity contribution in [2.45, 2.75) is 12.3 Å². The van der Waals surface area contributed by atoms with Crippen molar-refractivity contribution >= 4 is 44.9 Å². The minimum Gasteiger partial charge on any atom is -0.289 e. The Morgan fingerprint density at radius 2 is 1.36 bits per heavy atom. The van der Waals surface area contributed by atoms with Crippen LogP contribution in [-0.4, -0.2) is 5.78 Å². The number of carbonyl (C=O) groups is 1. The minimum absolute atomic E-state index is 0.124. The summed E-state index contributed by atoms with van der Waals surface area (Å²) in [4.78, 5) is 14.2. The summed E-state index contributed by atoms with van der Waals surface area (Å²) < 4.78 is 0. The van der Waals surface area contributed by atoms with E-state index in [-0.39, 0.29) is 5.78 Å². The van der Waals surface area contributed by atoms with E-state index >= 15 is 0 Å². The zero-order valence-electron chi connectivity index (χ0n) is 19.7. The molecule has 4 aliphatic carbocycles. The molecule has 1 heteroatoms. The number of Topliss-reactive ketones (excluding diaryl/α,β-unsaturated/α-hetero) is 1. The first kappa shape index (κ1) is 19.8. The van der Waals surface area contributed by atoms with Crippen LogP contribution in [-0.2, 0) is 4.79 Å². The lowest BCUT2D eigenvalue weighted by molar-refractivity contribution is -0.108. The quantitative estimate of drug-likeness (QED) is 0.295. The van der Waals surface area contributed by atoms with E-state index < -0.39 is 0 Å². The van der Waals surface area contributed by atoms with Gasteiger partial charge in [-0.25, -0.2) is 0 Å². The van der Waals surface area contributed by atoms with Gasteiger partial charge in [-0.1, -0.05) is 109 Å². The second-order valence-corrected chi connectivity index (χ2v) is 9.93. The van der Waals surface area contributed by atoms with Crippen LogP contribution in [0.2, 0.25) is 0 Å². The first-order valence-corrected chi connectivity index (χ1v) is 12.6. The molecule has 4 aliphatic rings. The van der Waals surface area contributed by atoms with E-state index in [1.807, 2.05) is 36.4 Å². The molecule has 0 saturated heterocycles. The Hall–Kier alpha value is -4.49. The molecule has 0 aromatic heterocycles. The highest BCUT2D eigenvalue weighted by atomic mass is 16.1. The molecule has 1 nitrogen and oxygen atoms in total. The largest absolute Gasteiger partial charge is 0.289 e. The molecule has 0 heterocycles. The van der Waals surface area contributed by atoms with Gasteiger partial charge in [-0.3, -0.25) is 4.79 Å². The fourth-order valence-electron chi connectivity index (χ4n) is 6.61. The molecule has 8 rings (SSSR count). The van der Waals surface area contributed by atoms with Crippen molar-refractivity contribution in [3.63, 3.8) is 0 Å². The SMILES string of the molecule is O=C1C(c2ccccc2)=C2C(=C1c1ccccc1)c1cc3c(c4cccc2c14)C=CC1=CC=CCC13. The number of rotatable bonds is 2. The lowest BCUT2D eigenvalue weighted by Crippen LogP contribution is -2.09. The number of allylic oxidation sites excluding steroid dienone is 9. The number of hydrogen-bond acceptors (Lipinski definition) is 1. The normalized spacial score (nSPS) is 19.1. The maximum absolute atomic E-state index is 14.2. The average Bonchev–Trinajstić information content (AvgIpc) is 3.42. The molecule has 0 radical (unpaired) electrons. The van der Waals surface area contributed by atoms with Gasteiger partial charge in [0.1, 0.15) is 0 Å². The van der Waals surface area contributed by atoms with E-state index in [1.54, 1.807) is 0 Å². The standard InChI is InChI=1S/C35H22O/c36-35-30(22-11-3-1-4-12-22)33-27-17-9-16-26-25-19-18-21-10-7-8-15-24(21)28(25)20-29(32(26)27)34(33)31(35)23-13-5-2-6-14-23/h1-14,16-20,24H,15H2. The summed E-state index contributed by atoms with van der Waals surface area (Å²) in [5, 5.41) is 2.56. The predicted octanol–water partition coefficient (Wildman–Crippen LogP) is 8.25. The van der Waals surface area contributed by atoms with Gasteiger partial charge in [0.15, 0.2) is 5.78 Å². The molecular formula is C35H22O. The topological polar surface area (TPSA) is 17.1 Å². The van der Waals surface area contributed by atoms with Crippen molar-refractivity contribution < 1.29 is 4.79 Å². The highest BCUT2D eigenvalue weighted by Gasteiger charge is 2.41. The van der Waals surface area contributed by atoms with Gasteiger partial charge in [0, 0.05) is 28.2 Å². The molecule has 1 unspecified atom stereocenters. The number of carbonyl (C=O) groups excluding carboxylic acids is 1. The van der Waals surface area contributed by atoms with Crippen molar-refractivity contribution in [1.29, 1.82) is 0 Å². The van der Waals surface area contributed by atoms with Crippen molar-refractivity contribution in [2.75, 3.05) is 0 Å². The first-order valence-electron chi connectivity index (χ1n) is 12.6. The molecule has 168 valence electrons. The third kappa shape index (κ3) is 2.52. The van der Waals surface area contributed by atoms with Crippen molar-refractivity contribution in [3.8, 4) is 0 Å². The molecule has 0 saturated carbocycles. The molecule has 0 N–H and O–H groups in total. The predicted molar refractivity (Wildman–Crippen MR) is 149 cm³/mol. The smallest absolute Gasteiger partial charge is 0.195 e. The van der Waals surface area contributed by atoms with Crippen LogP contribution in [0.3, 0.4) is 0 Å². The van der Waals surface area contributed by atoms with Crippen molar-refractivity contribution in [1.82, 2.24) is 0 Å². The number of ketones is 1. The molecule has 0 spiro atoms. The molecule has 0 amide bonds. The molecule has 1 atom stereocenters. The van der Waals surface area contributed by atoms with Crippen molar-refractivity contribution in [3.05, 3.63) is 148 Å². The van der Waals surface area contributed by atoms with Gasteiger partial charge in [-0.05, 0) is 62.2 Å². The van der Waals surface area contributed by atoms with Crippen LogP contribution in [0.4, 0.5) is 0 Å². The van der Waals surface area contributed by atoms with E-state index in [1.165, 1.54) is 38.6 Å². The van der Waals surface area contributed by atoms with E-state index in [4.69, 9.17) is 0 Å². The Balaban J connectivity index is 1.51. The first-order chi connectivity index (χ1) is 17.8. The van der Waals surface area contributed by atoms with Gasteiger partial charge in [0.25, 0.3) is 0 Å². The van der Waals surface area contributed by atoms with Gasteiger partial charge >= 0.3 is 0 Å². The van der Waals surface area contributed by atoms with Gasteiger partial charge in [0.05, 0.1) is 0 Å². The summed E-state index contributed by atoms with van der Waals surface area (Å²) in [5.74, 6) is 0.484. The third-order valence-electron chi connectivity index (χ3n) is 8.12. The zero-order chi connectivity index (χ0) is 23.8. The summed E-state index contributed by atoms with van der Waals surface area (Å²) in [5.41, 5.74) is 12.3. The van der Waals surface area contributed by atoms with Crippen LogP contribution < -0.4 is 0 Å². The highest BCUT2D eigenvalue weighted by Crippen LogP contribution is 2.58. The van der Waals surface area contributed by atoms with E-state index in [9.17, 15) is 4.79 Å². The molecule has 4 aromatic carbocycles. The Labute approximate surface area is 210 Å². The lowest BCUT2D eigenvalue weighted by atomic mass is 9.76. The van der Waals surface area contributed by atoms with Crippen LogP contribution in [0.5, 0.6) is 0 Å². The fraction of sp³-hybridized carbons (Fsp3) is 0.0571. The molecule has 0 bridgehead atoms. The summed E-state index contributed by atoms with van der Waals surface area (Å²) in [6.07, 6.45) is 12.3. The molecule has 0 aliphatic heterocycles. The monoisotopic (exact) mass is 458 g/mol. The van der Waals surface area contributed by atoms with Crippen LogP contribution in [0, 0.1) is 0 Å². The number of fused-ring (bicyclic) bond motifs is 7. The van der Waals surface area contributed by atoms with Crippen LogP contribution >= 0.6 is 0 Å². The summed E-state index contributed by atoms with van der Waals surface area (Å²) >= 11 is 0. The Kier molecular flexibility index (Phi) is 3.99. The Morgan fingerprint density at radius 3 is 2.08 bits per heavy atom. The van der Waals surface area contributed by atoms with Gasteiger partial charge in [-0.2, -0.15) is 0 Å². The third-order valence-corrected chi connectivity index (χ3v) is 8.12. The second kappa shape index (κ2) is 7.26. The number of benzene rings is 4. The Morgan fingerprint density at radius 1 is 0.667 bits per heavy atom. The second-order valence-electron chi connectivity index (χ2n) is 9.93. The summed E-state index contributed by atoms with van der Waals surface area (Å²) in [6.45, 7) is 0. The minimum atomic E-state index is 0.124. The summed E-state index contributed by atoms with van der Waals surface area (Å²) in [7, 11) is 0. The van der Waals surface area contributed by atoms with Crippen LogP contribution in [0.15, 0.2) is 115 Å². The molecule has 36 heavy (non-hydrogen) atoms. The number of hydrogen-bond donors (Lipinski definition) is 0. The Bertz CT molecular complexity index is 1790. The summed E-state index contributed by atoms with van der Waals surface area (Å²) in [6, 6.07) is 29.4. The van der Waals surface area contributed by atoms with E-state index in [0.717, 1.165) is 39.8 Å². The van der Waals surface area contributed by atoms with E-state index in [2.05, 4.69) is 78.9 Å². The van der Waals surface area contributed by atoms with Gasteiger partial charge in [0.2, 0.25) is 0 Å². The van der Waals surface area contributed by atoms with Crippen LogP contribution in [0.1, 0.15) is 45.7 Å². The highest BCUT2D eigenvalue weighted by molar-refractivity contribution is 6.61. The molecule has 4 aromatic rings. The average molecular weight is 459 g/mol.